The number of rotatable bonds is 4. The van der Waals surface area contributed by atoms with Crippen LogP contribution in [0.2, 0.25) is 0 Å². The normalized spacial score (nSPS) is 14.6. The Kier molecular flexibility index (Phi) is 6.51. The fraction of sp³-hybridized carbons (Fsp3) is 0.263. The van der Waals surface area contributed by atoms with Gasteiger partial charge >= 0.3 is 0 Å². The molecule has 0 saturated carbocycles. The first-order valence-electron chi connectivity index (χ1n) is 8.40. The van der Waals surface area contributed by atoms with Gasteiger partial charge in [0.1, 0.15) is 5.75 Å². The quantitative estimate of drug-likeness (QED) is 0.498. The molecule has 0 unspecified atom stereocenters. The maximum atomic E-state index is 12.2. The summed E-state index contributed by atoms with van der Waals surface area (Å²) in [6.45, 7) is 5.29. The summed E-state index contributed by atoms with van der Waals surface area (Å²) in [5, 5.41) is 13.8. The number of ether oxygens (including phenoxy) is 1. The van der Waals surface area contributed by atoms with Gasteiger partial charge in [-0.1, -0.05) is 6.07 Å². The molecule has 0 radical (unpaired) electrons. The van der Waals surface area contributed by atoms with Gasteiger partial charge in [-0.2, -0.15) is 5.10 Å². The molecule has 1 heterocycles. The lowest BCUT2D eigenvalue weighted by atomic mass is 10.1. The van der Waals surface area contributed by atoms with Gasteiger partial charge in [0.15, 0.2) is 0 Å². The van der Waals surface area contributed by atoms with Crippen molar-refractivity contribution in [3.8, 4) is 5.75 Å². The van der Waals surface area contributed by atoms with Crippen LogP contribution in [0.3, 0.4) is 0 Å². The third-order valence-electron chi connectivity index (χ3n) is 4.28. The summed E-state index contributed by atoms with van der Waals surface area (Å²) in [7, 11) is 0. The second-order valence-electron chi connectivity index (χ2n) is 6.13. The molecular weight excluding hydrogens is 478 g/mol. The minimum absolute atomic E-state index is 0.0473. The summed E-state index contributed by atoms with van der Waals surface area (Å²) in [4.78, 5) is 14.5. The summed E-state index contributed by atoms with van der Waals surface area (Å²) in [5.74, 6) is -0.318. The number of hydrazone groups is 1. The van der Waals surface area contributed by atoms with Gasteiger partial charge < -0.3 is 14.7 Å². The van der Waals surface area contributed by atoms with Crippen LogP contribution in [0.25, 0.3) is 0 Å². The highest BCUT2D eigenvalue weighted by Crippen LogP contribution is 2.33. The summed E-state index contributed by atoms with van der Waals surface area (Å²) in [6.07, 6.45) is 1.63. The average molecular weight is 497 g/mol. The lowest BCUT2D eigenvalue weighted by Gasteiger charge is -2.29. The van der Waals surface area contributed by atoms with Crippen molar-refractivity contribution in [1.82, 2.24) is 5.43 Å². The van der Waals surface area contributed by atoms with E-state index in [-0.39, 0.29) is 11.7 Å². The molecule has 1 aliphatic rings. The molecule has 6 nitrogen and oxygen atoms in total. The molecule has 3 rings (SSSR count). The van der Waals surface area contributed by atoms with E-state index in [4.69, 9.17) is 4.74 Å². The van der Waals surface area contributed by atoms with Crippen molar-refractivity contribution in [2.24, 2.45) is 5.10 Å². The standard InChI is InChI=1S/C19H19Br2N3O3/c1-12-8-15(24-4-6-27-7-5-24)3-2-13(12)11-22-23-19(26)14-9-16(20)18(25)17(21)10-14/h2-3,8-11,25H,4-7H2,1H3,(H,23,26)/b22-11-. The number of hydrogen-bond acceptors (Lipinski definition) is 5. The topological polar surface area (TPSA) is 74.2 Å². The monoisotopic (exact) mass is 495 g/mol. The molecule has 0 bridgehead atoms. The van der Waals surface area contributed by atoms with E-state index in [2.05, 4.69) is 59.4 Å². The Bertz CT molecular complexity index is 857. The number of benzene rings is 2. The van der Waals surface area contributed by atoms with Crippen molar-refractivity contribution in [3.63, 3.8) is 0 Å². The van der Waals surface area contributed by atoms with E-state index in [0.717, 1.165) is 43.1 Å². The van der Waals surface area contributed by atoms with Crippen LogP contribution in [0.5, 0.6) is 5.75 Å². The molecule has 1 saturated heterocycles. The summed E-state index contributed by atoms with van der Waals surface area (Å²) < 4.78 is 6.25. The number of morpholine rings is 1. The number of halogens is 2. The zero-order valence-corrected chi connectivity index (χ0v) is 17.9. The van der Waals surface area contributed by atoms with Gasteiger partial charge in [-0.05, 0) is 74.2 Å². The molecule has 27 heavy (non-hydrogen) atoms. The number of anilines is 1. The largest absolute Gasteiger partial charge is 0.506 e. The summed E-state index contributed by atoms with van der Waals surface area (Å²) in [5.41, 5.74) is 6.05. The fourth-order valence-electron chi connectivity index (χ4n) is 2.74. The Morgan fingerprint density at radius 1 is 1.22 bits per heavy atom. The number of hydrogen-bond donors (Lipinski definition) is 2. The Morgan fingerprint density at radius 3 is 2.52 bits per heavy atom. The van der Waals surface area contributed by atoms with Crippen LogP contribution >= 0.6 is 31.9 Å². The highest BCUT2D eigenvalue weighted by atomic mass is 79.9. The number of nitrogens with zero attached hydrogens (tertiary/aromatic N) is 2. The minimum Gasteiger partial charge on any atom is -0.506 e. The molecule has 0 atom stereocenters. The number of carbonyl (C=O) groups excluding carboxylic acids is 1. The highest BCUT2D eigenvalue weighted by Gasteiger charge is 2.13. The molecule has 2 aromatic carbocycles. The smallest absolute Gasteiger partial charge is 0.271 e. The van der Waals surface area contributed by atoms with E-state index in [1.807, 2.05) is 13.0 Å². The molecule has 8 heteroatoms. The number of carbonyl (C=O) groups is 1. The molecule has 0 aromatic heterocycles. The van der Waals surface area contributed by atoms with Crippen LogP contribution in [0.4, 0.5) is 5.69 Å². The second-order valence-corrected chi connectivity index (χ2v) is 7.84. The van der Waals surface area contributed by atoms with E-state index in [1.165, 1.54) is 12.1 Å². The average Bonchev–Trinajstić information content (AvgIpc) is 2.67. The van der Waals surface area contributed by atoms with Crippen LogP contribution < -0.4 is 10.3 Å². The molecule has 2 N–H and O–H groups in total. The zero-order valence-electron chi connectivity index (χ0n) is 14.7. The number of phenols is 1. The molecule has 1 amide bonds. The van der Waals surface area contributed by atoms with Crippen LogP contribution in [-0.4, -0.2) is 43.5 Å². The molecule has 2 aromatic rings. The van der Waals surface area contributed by atoms with Crippen molar-refractivity contribution in [2.45, 2.75) is 6.92 Å². The molecular formula is C19H19Br2N3O3. The predicted octanol–water partition coefficient (Wildman–Crippen LogP) is 3.83. The minimum atomic E-state index is -0.366. The van der Waals surface area contributed by atoms with Crippen molar-refractivity contribution in [1.29, 1.82) is 0 Å². The Morgan fingerprint density at radius 2 is 1.89 bits per heavy atom. The molecule has 0 aliphatic carbocycles. The van der Waals surface area contributed by atoms with Gasteiger partial charge in [0.05, 0.1) is 28.4 Å². The van der Waals surface area contributed by atoms with Crippen molar-refractivity contribution >= 4 is 49.7 Å². The molecule has 1 fully saturated rings. The van der Waals surface area contributed by atoms with E-state index >= 15 is 0 Å². The van der Waals surface area contributed by atoms with E-state index in [0.29, 0.717) is 14.5 Å². The van der Waals surface area contributed by atoms with Crippen LogP contribution in [0.15, 0.2) is 44.4 Å². The van der Waals surface area contributed by atoms with Crippen LogP contribution in [-0.2, 0) is 4.74 Å². The maximum absolute atomic E-state index is 12.2. The molecule has 0 spiro atoms. The lowest BCUT2D eigenvalue weighted by Crippen LogP contribution is -2.36. The van der Waals surface area contributed by atoms with Gasteiger partial charge in [0, 0.05) is 24.3 Å². The number of nitrogens with one attached hydrogen (secondary N) is 1. The van der Waals surface area contributed by atoms with Crippen molar-refractivity contribution in [2.75, 3.05) is 31.2 Å². The van der Waals surface area contributed by atoms with Gasteiger partial charge in [0.25, 0.3) is 5.91 Å². The Balaban J connectivity index is 1.66. The number of aryl methyl sites for hydroxylation is 1. The summed E-state index contributed by atoms with van der Waals surface area (Å²) in [6, 6.07) is 9.22. The highest BCUT2D eigenvalue weighted by molar-refractivity contribution is 9.11. The first-order valence-corrected chi connectivity index (χ1v) is 9.99. The van der Waals surface area contributed by atoms with Crippen LogP contribution in [0, 0.1) is 6.92 Å². The van der Waals surface area contributed by atoms with Crippen molar-refractivity contribution in [3.05, 3.63) is 56.0 Å². The number of amides is 1. The number of aromatic hydroxyl groups is 1. The van der Waals surface area contributed by atoms with E-state index in [9.17, 15) is 9.90 Å². The van der Waals surface area contributed by atoms with E-state index in [1.54, 1.807) is 6.21 Å². The number of phenolic OH excluding ortho intramolecular Hbond substituents is 1. The first-order chi connectivity index (χ1) is 13.0. The van der Waals surface area contributed by atoms with Crippen LogP contribution in [0.1, 0.15) is 21.5 Å². The summed E-state index contributed by atoms with van der Waals surface area (Å²) >= 11 is 6.42. The van der Waals surface area contributed by atoms with E-state index < -0.39 is 0 Å². The first kappa shape index (κ1) is 19.9. The third kappa shape index (κ3) is 4.88. The fourth-order valence-corrected chi connectivity index (χ4v) is 3.93. The second kappa shape index (κ2) is 8.86. The predicted molar refractivity (Wildman–Crippen MR) is 113 cm³/mol. The molecule has 1 aliphatic heterocycles. The third-order valence-corrected chi connectivity index (χ3v) is 5.49. The Hall–Kier alpha value is -1.90. The SMILES string of the molecule is Cc1cc(N2CCOCC2)ccc1/C=N\NC(=O)c1cc(Br)c(O)c(Br)c1. The van der Waals surface area contributed by atoms with Gasteiger partial charge in [0.2, 0.25) is 0 Å². The van der Waals surface area contributed by atoms with Crippen molar-refractivity contribution < 1.29 is 14.6 Å². The zero-order chi connectivity index (χ0) is 19.4. The maximum Gasteiger partial charge on any atom is 0.271 e. The Labute approximate surface area is 174 Å². The van der Waals surface area contributed by atoms with Gasteiger partial charge in [-0.15, -0.1) is 0 Å². The molecule has 142 valence electrons. The van der Waals surface area contributed by atoms with Gasteiger partial charge in [-0.3, -0.25) is 4.79 Å². The van der Waals surface area contributed by atoms with Gasteiger partial charge in [-0.25, -0.2) is 5.43 Å². The lowest BCUT2D eigenvalue weighted by molar-refractivity contribution is 0.0955.